The van der Waals surface area contributed by atoms with Crippen molar-refractivity contribution < 1.29 is 5.11 Å². The topological polar surface area (TPSA) is 46.2 Å². The van der Waals surface area contributed by atoms with Gasteiger partial charge in [0, 0.05) is 0 Å². The first kappa shape index (κ1) is 13.4. The molecule has 0 aliphatic carbocycles. The van der Waals surface area contributed by atoms with Crippen LogP contribution in [0, 0.1) is 6.92 Å². The Hall–Kier alpha value is -0.570. The minimum Gasteiger partial charge on any atom is -0.391 e. The molecule has 2 atom stereocenters. The summed E-state index contributed by atoms with van der Waals surface area (Å²) in [7, 11) is 0. The monoisotopic (exact) mass is 215 g/mol. The zero-order valence-electron chi connectivity index (χ0n) is 8.60. The van der Waals surface area contributed by atoms with E-state index in [1.54, 1.807) is 0 Å². The van der Waals surface area contributed by atoms with Crippen molar-refractivity contribution >= 4 is 12.4 Å². The van der Waals surface area contributed by atoms with E-state index in [1.165, 1.54) is 5.56 Å². The van der Waals surface area contributed by atoms with Gasteiger partial charge >= 0.3 is 0 Å². The molecule has 1 aromatic rings. The third-order valence-electron chi connectivity index (χ3n) is 2.26. The maximum atomic E-state index is 9.55. The zero-order valence-corrected chi connectivity index (χ0v) is 9.42. The highest BCUT2D eigenvalue weighted by molar-refractivity contribution is 5.85. The summed E-state index contributed by atoms with van der Waals surface area (Å²) >= 11 is 0. The number of halogens is 1. The Labute approximate surface area is 91.5 Å². The van der Waals surface area contributed by atoms with Crippen LogP contribution in [0.2, 0.25) is 0 Å². The number of hydrogen-bond acceptors (Lipinski definition) is 2. The van der Waals surface area contributed by atoms with E-state index in [9.17, 15) is 5.11 Å². The van der Waals surface area contributed by atoms with Crippen molar-refractivity contribution in [1.29, 1.82) is 0 Å². The Balaban J connectivity index is 0.00000169. The number of nitrogens with two attached hydrogens (primary N) is 1. The summed E-state index contributed by atoms with van der Waals surface area (Å²) in [5.41, 5.74) is 8.05. The maximum absolute atomic E-state index is 9.55. The quantitative estimate of drug-likeness (QED) is 0.812. The predicted molar refractivity (Wildman–Crippen MR) is 61.7 cm³/mol. The fraction of sp³-hybridized carbons (Fsp3) is 0.455. The van der Waals surface area contributed by atoms with Crippen LogP contribution in [0.3, 0.4) is 0 Å². The molecule has 0 amide bonds. The number of rotatable bonds is 3. The lowest BCUT2D eigenvalue weighted by atomic mass is 9.99. The van der Waals surface area contributed by atoms with Gasteiger partial charge in [-0.15, -0.1) is 12.4 Å². The van der Waals surface area contributed by atoms with Gasteiger partial charge in [0.25, 0.3) is 0 Å². The molecule has 0 radical (unpaired) electrons. The van der Waals surface area contributed by atoms with Crippen molar-refractivity contribution in [3.8, 4) is 0 Å². The fourth-order valence-corrected chi connectivity index (χ4v) is 1.35. The Morgan fingerprint density at radius 2 is 2.07 bits per heavy atom. The lowest BCUT2D eigenvalue weighted by Gasteiger charge is -2.17. The zero-order chi connectivity index (χ0) is 9.84. The minimum atomic E-state index is -0.443. The van der Waals surface area contributed by atoms with Crippen LogP contribution in [-0.2, 0) is 0 Å². The molecule has 1 aromatic carbocycles. The van der Waals surface area contributed by atoms with Crippen molar-refractivity contribution in [2.75, 3.05) is 0 Å². The van der Waals surface area contributed by atoms with Crippen molar-refractivity contribution in [1.82, 2.24) is 0 Å². The van der Waals surface area contributed by atoms with E-state index in [1.807, 2.05) is 38.1 Å². The van der Waals surface area contributed by atoms with Crippen LogP contribution in [0.4, 0.5) is 0 Å². The molecule has 1 rings (SSSR count). The molecule has 0 aliphatic heterocycles. The van der Waals surface area contributed by atoms with Gasteiger partial charge in [0.05, 0.1) is 12.1 Å². The van der Waals surface area contributed by atoms with E-state index in [0.717, 1.165) is 5.56 Å². The molecule has 14 heavy (non-hydrogen) atoms. The van der Waals surface area contributed by atoms with E-state index in [0.29, 0.717) is 6.42 Å². The largest absolute Gasteiger partial charge is 0.391 e. The summed E-state index contributed by atoms with van der Waals surface area (Å²) in [4.78, 5) is 0. The van der Waals surface area contributed by atoms with Crippen molar-refractivity contribution in [2.24, 2.45) is 5.73 Å². The molecule has 3 N–H and O–H groups in total. The Morgan fingerprint density at radius 3 is 2.57 bits per heavy atom. The molecule has 0 saturated heterocycles. The molecule has 0 aliphatic rings. The lowest BCUT2D eigenvalue weighted by Crippen LogP contribution is -2.25. The summed E-state index contributed by atoms with van der Waals surface area (Å²) in [5, 5.41) is 9.55. The van der Waals surface area contributed by atoms with Crippen molar-refractivity contribution in [3.05, 3.63) is 35.4 Å². The van der Waals surface area contributed by atoms with Gasteiger partial charge in [-0.2, -0.15) is 0 Å². The molecule has 2 nitrogen and oxygen atoms in total. The summed E-state index contributed by atoms with van der Waals surface area (Å²) in [5.74, 6) is 0. The van der Waals surface area contributed by atoms with E-state index in [4.69, 9.17) is 5.73 Å². The molecule has 80 valence electrons. The predicted octanol–water partition coefficient (Wildman–Crippen LogP) is 2.19. The van der Waals surface area contributed by atoms with Gasteiger partial charge < -0.3 is 10.8 Å². The number of aliphatic hydroxyl groups is 1. The van der Waals surface area contributed by atoms with Crippen molar-refractivity contribution in [2.45, 2.75) is 32.4 Å². The van der Waals surface area contributed by atoms with E-state index < -0.39 is 6.10 Å². The minimum absolute atomic E-state index is 0. The lowest BCUT2D eigenvalue weighted by molar-refractivity contribution is 0.140. The molecule has 0 bridgehead atoms. The number of hydrogen-bond donors (Lipinski definition) is 2. The van der Waals surface area contributed by atoms with Crippen LogP contribution in [-0.4, -0.2) is 11.2 Å². The molecule has 0 heterocycles. The Bertz CT molecular complexity index is 278. The van der Waals surface area contributed by atoms with E-state index in [2.05, 4.69) is 0 Å². The van der Waals surface area contributed by atoms with Gasteiger partial charge in [-0.25, -0.2) is 0 Å². The third-order valence-corrected chi connectivity index (χ3v) is 2.26. The second kappa shape index (κ2) is 6.02. The average Bonchev–Trinajstić information content (AvgIpc) is 2.15. The number of aryl methyl sites for hydroxylation is 1. The number of benzene rings is 1. The molecule has 0 unspecified atom stereocenters. The van der Waals surface area contributed by atoms with E-state index in [-0.39, 0.29) is 18.4 Å². The van der Waals surface area contributed by atoms with Gasteiger partial charge in [0.1, 0.15) is 0 Å². The van der Waals surface area contributed by atoms with Gasteiger partial charge in [0.2, 0.25) is 0 Å². The second-order valence-electron chi connectivity index (χ2n) is 3.42. The van der Waals surface area contributed by atoms with E-state index >= 15 is 0 Å². The molecule has 0 aromatic heterocycles. The highest BCUT2D eigenvalue weighted by Crippen LogP contribution is 2.17. The van der Waals surface area contributed by atoms with Crippen LogP contribution in [0.5, 0.6) is 0 Å². The second-order valence-corrected chi connectivity index (χ2v) is 3.42. The first-order chi connectivity index (χ1) is 6.15. The van der Waals surface area contributed by atoms with Crippen LogP contribution in [0.15, 0.2) is 24.3 Å². The normalized spacial score (nSPS) is 14.3. The first-order valence-corrected chi connectivity index (χ1v) is 4.65. The summed E-state index contributed by atoms with van der Waals surface area (Å²) in [6.07, 6.45) is 0.247. The third kappa shape index (κ3) is 3.29. The van der Waals surface area contributed by atoms with Crippen LogP contribution < -0.4 is 5.73 Å². The molecular formula is C11H18ClNO. The average molecular weight is 216 g/mol. The van der Waals surface area contributed by atoms with Crippen molar-refractivity contribution in [3.63, 3.8) is 0 Å². The molecule has 3 heteroatoms. The summed E-state index contributed by atoms with van der Waals surface area (Å²) < 4.78 is 0. The first-order valence-electron chi connectivity index (χ1n) is 4.65. The highest BCUT2D eigenvalue weighted by Gasteiger charge is 2.14. The standard InChI is InChI=1S/C11H17NO.ClH/c1-3-10(13)11(12)9-6-4-5-8(2)7-9;/h4-7,10-11,13H,3,12H2,1-2H3;1H/t10-,11+;/m0./s1. The number of aliphatic hydroxyl groups excluding tert-OH is 1. The smallest absolute Gasteiger partial charge is 0.0730 e. The van der Waals surface area contributed by atoms with Crippen LogP contribution >= 0.6 is 12.4 Å². The molecule has 0 spiro atoms. The summed E-state index contributed by atoms with van der Waals surface area (Å²) in [6, 6.07) is 7.70. The summed E-state index contributed by atoms with van der Waals surface area (Å²) in [6.45, 7) is 3.95. The van der Waals surface area contributed by atoms with Gasteiger partial charge in [-0.05, 0) is 18.9 Å². The van der Waals surface area contributed by atoms with Crippen LogP contribution in [0.25, 0.3) is 0 Å². The van der Waals surface area contributed by atoms with Crippen LogP contribution in [0.1, 0.15) is 30.5 Å². The van der Waals surface area contributed by atoms with Gasteiger partial charge in [-0.1, -0.05) is 36.8 Å². The maximum Gasteiger partial charge on any atom is 0.0730 e. The molecule has 0 fully saturated rings. The SMILES string of the molecule is CC[C@H](O)[C@H](N)c1cccc(C)c1.Cl. The van der Waals surface area contributed by atoms with Gasteiger partial charge in [-0.3, -0.25) is 0 Å². The fourth-order valence-electron chi connectivity index (χ4n) is 1.35. The molecular weight excluding hydrogens is 198 g/mol. The Kier molecular flexibility index (Phi) is 5.77. The van der Waals surface area contributed by atoms with Gasteiger partial charge in [0.15, 0.2) is 0 Å². The molecule has 0 saturated carbocycles. The highest BCUT2D eigenvalue weighted by atomic mass is 35.5. The Morgan fingerprint density at radius 1 is 1.43 bits per heavy atom.